The normalized spacial score (nSPS) is 15.0. The van der Waals surface area contributed by atoms with Gasteiger partial charge in [0.1, 0.15) is 12.4 Å². The first-order valence-corrected chi connectivity index (χ1v) is 8.11. The molecule has 26 heavy (non-hydrogen) atoms. The number of carbonyl (C=O) groups excluding carboxylic acids is 1. The second-order valence-electron chi connectivity index (χ2n) is 5.66. The molecule has 128 valence electrons. The highest BCUT2D eigenvalue weighted by molar-refractivity contribution is 6.11. The predicted octanol–water partition coefficient (Wildman–Crippen LogP) is 4.20. The number of hydrogen-bond donors (Lipinski definition) is 0. The van der Waals surface area contributed by atoms with E-state index >= 15 is 0 Å². The largest absolute Gasteiger partial charge is 0.489 e. The van der Waals surface area contributed by atoms with E-state index in [1.807, 2.05) is 54.6 Å². The van der Waals surface area contributed by atoms with Crippen LogP contribution in [-0.2, 0) is 16.1 Å². The Morgan fingerprint density at radius 1 is 0.962 bits per heavy atom. The van der Waals surface area contributed by atoms with E-state index in [1.54, 1.807) is 18.2 Å². The third-order valence-corrected chi connectivity index (χ3v) is 3.78. The lowest BCUT2D eigenvalue weighted by Gasteiger charge is -2.06. The maximum Gasteiger partial charge on any atom is 0.363 e. The number of ether oxygens (including phenoxy) is 2. The summed E-state index contributed by atoms with van der Waals surface area (Å²) >= 11 is 0. The van der Waals surface area contributed by atoms with Crippen molar-refractivity contribution in [3.05, 3.63) is 95.6 Å². The van der Waals surface area contributed by atoms with Gasteiger partial charge in [-0.25, -0.2) is 9.79 Å². The molecule has 0 bridgehead atoms. The van der Waals surface area contributed by atoms with Gasteiger partial charge in [0, 0.05) is 0 Å². The van der Waals surface area contributed by atoms with E-state index in [0.29, 0.717) is 12.4 Å². The van der Waals surface area contributed by atoms with Crippen molar-refractivity contribution in [1.29, 1.82) is 0 Å². The minimum atomic E-state index is -0.499. The van der Waals surface area contributed by atoms with Gasteiger partial charge in [0.25, 0.3) is 5.90 Å². The molecular formula is C21H15NO4. The molecule has 0 saturated heterocycles. The van der Waals surface area contributed by atoms with Crippen molar-refractivity contribution in [2.75, 3.05) is 0 Å². The van der Waals surface area contributed by atoms with Gasteiger partial charge in [-0.05, 0) is 41.5 Å². The van der Waals surface area contributed by atoms with Crippen molar-refractivity contribution in [2.24, 2.45) is 4.99 Å². The lowest BCUT2D eigenvalue weighted by molar-refractivity contribution is -0.130. The number of carbonyl (C=O) groups is 1. The summed E-state index contributed by atoms with van der Waals surface area (Å²) in [4.78, 5) is 16.1. The van der Waals surface area contributed by atoms with Gasteiger partial charge in [-0.3, -0.25) is 0 Å². The van der Waals surface area contributed by atoms with Crippen LogP contribution in [-0.4, -0.2) is 11.9 Å². The van der Waals surface area contributed by atoms with Crippen LogP contribution in [0.1, 0.15) is 16.9 Å². The lowest BCUT2D eigenvalue weighted by atomic mass is 10.2. The SMILES string of the molecule is O=C1OC(c2ccco2)=NC1=Cc1ccc(OCc2ccccc2)cc1. The molecule has 0 spiro atoms. The highest BCUT2D eigenvalue weighted by Gasteiger charge is 2.25. The summed E-state index contributed by atoms with van der Waals surface area (Å²) in [6.07, 6.45) is 3.17. The van der Waals surface area contributed by atoms with Gasteiger partial charge >= 0.3 is 5.97 Å². The van der Waals surface area contributed by atoms with Crippen LogP contribution in [0.5, 0.6) is 5.75 Å². The maximum absolute atomic E-state index is 11.9. The highest BCUT2D eigenvalue weighted by Crippen LogP contribution is 2.21. The fourth-order valence-electron chi connectivity index (χ4n) is 2.47. The standard InChI is InChI=1S/C21H15NO4/c23-21-18(22-20(26-21)19-7-4-12-24-19)13-15-8-10-17(11-9-15)25-14-16-5-2-1-3-6-16/h1-13H,14H2. The van der Waals surface area contributed by atoms with E-state index in [1.165, 1.54) is 6.26 Å². The molecule has 1 aromatic heterocycles. The fraction of sp³-hybridized carbons (Fsp3) is 0.0476. The van der Waals surface area contributed by atoms with Crippen LogP contribution in [0.3, 0.4) is 0 Å². The Balaban J connectivity index is 1.45. The van der Waals surface area contributed by atoms with E-state index in [4.69, 9.17) is 13.9 Å². The molecule has 1 aliphatic rings. The molecule has 3 aromatic rings. The van der Waals surface area contributed by atoms with Gasteiger partial charge in [-0.2, -0.15) is 0 Å². The molecule has 2 aromatic carbocycles. The number of benzene rings is 2. The monoisotopic (exact) mass is 345 g/mol. The molecule has 0 saturated carbocycles. The third kappa shape index (κ3) is 3.57. The van der Waals surface area contributed by atoms with Crippen LogP contribution < -0.4 is 4.74 Å². The molecule has 5 nitrogen and oxygen atoms in total. The maximum atomic E-state index is 11.9. The summed E-state index contributed by atoms with van der Waals surface area (Å²) in [6.45, 7) is 0.504. The summed E-state index contributed by atoms with van der Waals surface area (Å²) in [5.74, 6) is 0.853. The lowest BCUT2D eigenvalue weighted by Crippen LogP contribution is -2.04. The summed E-state index contributed by atoms with van der Waals surface area (Å²) in [5, 5.41) is 0. The number of aliphatic imine (C=N–C) groups is 1. The van der Waals surface area contributed by atoms with Gasteiger partial charge < -0.3 is 13.9 Å². The molecule has 4 rings (SSSR count). The Morgan fingerprint density at radius 3 is 2.50 bits per heavy atom. The molecule has 0 unspecified atom stereocenters. The quantitative estimate of drug-likeness (QED) is 0.513. The number of furan rings is 1. The van der Waals surface area contributed by atoms with Crippen LogP contribution in [0.25, 0.3) is 6.08 Å². The molecule has 0 atom stereocenters. The number of cyclic esters (lactones) is 1. The van der Waals surface area contributed by atoms with E-state index in [0.717, 1.165) is 16.9 Å². The van der Waals surface area contributed by atoms with Crippen molar-refractivity contribution < 1.29 is 18.7 Å². The Kier molecular flexibility index (Phi) is 4.35. The molecule has 0 N–H and O–H groups in total. The molecule has 0 fully saturated rings. The van der Waals surface area contributed by atoms with Crippen LogP contribution in [0, 0.1) is 0 Å². The van der Waals surface area contributed by atoms with Crippen LogP contribution in [0.2, 0.25) is 0 Å². The molecular weight excluding hydrogens is 330 g/mol. The zero-order valence-corrected chi connectivity index (χ0v) is 13.8. The average Bonchev–Trinajstić information content (AvgIpc) is 3.32. The molecule has 5 heteroatoms. The average molecular weight is 345 g/mol. The predicted molar refractivity (Wildman–Crippen MR) is 96.5 cm³/mol. The van der Waals surface area contributed by atoms with Crippen molar-refractivity contribution >= 4 is 17.9 Å². The topological polar surface area (TPSA) is 61.0 Å². The zero-order chi connectivity index (χ0) is 17.8. The Labute approximate surface area is 150 Å². The third-order valence-electron chi connectivity index (χ3n) is 3.78. The van der Waals surface area contributed by atoms with Crippen molar-refractivity contribution in [3.8, 4) is 5.75 Å². The Bertz CT molecular complexity index is 955. The summed E-state index contributed by atoms with van der Waals surface area (Å²) < 4.78 is 16.1. The van der Waals surface area contributed by atoms with Crippen molar-refractivity contribution in [3.63, 3.8) is 0 Å². The van der Waals surface area contributed by atoms with Crippen LogP contribution in [0.4, 0.5) is 0 Å². The molecule has 0 amide bonds. The van der Waals surface area contributed by atoms with Crippen molar-refractivity contribution in [2.45, 2.75) is 6.61 Å². The van der Waals surface area contributed by atoms with Gasteiger partial charge in [-0.15, -0.1) is 0 Å². The minimum Gasteiger partial charge on any atom is -0.489 e. The number of rotatable bonds is 5. The number of hydrogen-bond acceptors (Lipinski definition) is 5. The number of esters is 1. The summed E-state index contributed by atoms with van der Waals surface area (Å²) in [5.41, 5.74) is 2.16. The van der Waals surface area contributed by atoms with E-state index in [-0.39, 0.29) is 11.6 Å². The smallest absolute Gasteiger partial charge is 0.363 e. The molecule has 2 heterocycles. The Hall–Kier alpha value is -3.60. The zero-order valence-electron chi connectivity index (χ0n) is 13.8. The minimum absolute atomic E-state index is 0.175. The molecule has 1 aliphatic heterocycles. The molecule has 0 radical (unpaired) electrons. The van der Waals surface area contributed by atoms with E-state index in [2.05, 4.69) is 4.99 Å². The first-order valence-electron chi connectivity index (χ1n) is 8.11. The van der Waals surface area contributed by atoms with Crippen LogP contribution >= 0.6 is 0 Å². The van der Waals surface area contributed by atoms with Gasteiger partial charge in [0.15, 0.2) is 11.5 Å². The molecule has 0 aliphatic carbocycles. The van der Waals surface area contributed by atoms with E-state index in [9.17, 15) is 4.79 Å². The van der Waals surface area contributed by atoms with Gasteiger partial charge in [-0.1, -0.05) is 42.5 Å². The van der Waals surface area contributed by atoms with Gasteiger partial charge in [0.2, 0.25) is 0 Å². The number of nitrogens with zero attached hydrogens (tertiary/aromatic N) is 1. The van der Waals surface area contributed by atoms with Crippen molar-refractivity contribution in [1.82, 2.24) is 0 Å². The van der Waals surface area contributed by atoms with Gasteiger partial charge in [0.05, 0.1) is 6.26 Å². The first-order chi connectivity index (χ1) is 12.8. The van der Waals surface area contributed by atoms with E-state index < -0.39 is 5.97 Å². The fourth-order valence-corrected chi connectivity index (χ4v) is 2.47. The Morgan fingerprint density at radius 2 is 1.77 bits per heavy atom. The highest BCUT2D eigenvalue weighted by atomic mass is 16.6. The second-order valence-corrected chi connectivity index (χ2v) is 5.66. The summed E-state index contributed by atoms with van der Waals surface area (Å²) in [7, 11) is 0. The summed E-state index contributed by atoms with van der Waals surface area (Å²) in [6, 6.07) is 20.8. The van der Waals surface area contributed by atoms with Crippen LogP contribution in [0.15, 0.2) is 88.1 Å². The first kappa shape index (κ1) is 15.9. The second kappa shape index (κ2) is 7.11.